The molecular weight excluding hydrogens is 244 g/mol. The van der Waals surface area contributed by atoms with Gasteiger partial charge in [0.1, 0.15) is 17.1 Å². The first-order valence-corrected chi connectivity index (χ1v) is 5.91. The zero-order chi connectivity index (χ0) is 14.4. The Morgan fingerprint density at radius 1 is 1.37 bits per heavy atom. The Morgan fingerprint density at radius 2 is 1.89 bits per heavy atom. The van der Waals surface area contributed by atoms with Crippen molar-refractivity contribution in [3.63, 3.8) is 0 Å². The Morgan fingerprint density at radius 3 is 2.32 bits per heavy atom. The molecule has 5 nitrogen and oxygen atoms in total. The molecule has 5 heteroatoms. The van der Waals surface area contributed by atoms with Crippen molar-refractivity contribution in [1.29, 1.82) is 5.26 Å². The van der Waals surface area contributed by atoms with Gasteiger partial charge < -0.3 is 14.4 Å². The minimum atomic E-state index is -0.225. The quantitative estimate of drug-likeness (QED) is 0.815. The van der Waals surface area contributed by atoms with Gasteiger partial charge in [-0.3, -0.25) is 4.79 Å². The third-order valence-corrected chi connectivity index (χ3v) is 3.01. The maximum atomic E-state index is 12.5. The molecule has 0 fully saturated rings. The van der Waals surface area contributed by atoms with Crippen LogP contribution in [0.25, 0.3) is 0 Å². The van der Waals surface area contributed by atoms with E-state index in [0.717, 1.165) is 0 Å². The lowest BCUT2D eigenvalue weighted by Crippen LogP contribution is -2.35. The van der Waals surface area contributed by atoms with Crippen LogP contribution in [0, 0.1) is 11.3 Å². The topological polar surface area (TPSA) is 62.6 Å². The molecule has 0 aliphatic heterocycles. The summed E-state index contributed by atoms with van der Waals surface area (Å²) in [6.07, 6.45) is 0.277. The van der Waals surface area contributed by atoms with Gasteiger partial charge in [0, 0.05) is 13.1 Å². The van der Waals surface area contributed by atoms with E-state index in [-0.39, 0.29) is 18.4 Å². The first kappa shape index (κ1) is 14.8. The molecule has 1 atom stereocenters. The Hall–Kier alpha value is -2.22. The second-order valence-electron chi connectivity index (χ2n) is 4.16. The van der Waals surface area contributed by atoms with E-state index in [0.29, 0.717) is 17.1 Å². The number of nitrogens with zero attached hydrogens (tertiary/aromatic N) is 2. The van der Waals surface area contributed by atoms with Crippen molar-refractivity contribution in [1.82, 2.24) is 4.90 Å². The summed E-state index contributed by atoms with van der Waals surface area (Å²) in [5, 5.41) is 8.70. The monoisotopic (exact) mass is 262 g/mol. The molecule has 0 aliphatic rings. The van der Waals surface area contributed by atoms with E-state index >= 15 is 0 Å². The molecule has 19 heavy (non-hydrogen) atoms. The number of ether oxygens (including phenoxy) is 2. The molecule has 1 rings (SSSR count). The van der Waals surface area contributed by atoms with E-state index < -0.39 is 0 Å². The highest BCUT2D eigenvalue weighted by Gasteiger charge is 2.24. The SMILES string of the molecule is COc1cccc(OC)c1C(=O)N(C)C(C)CC#N. The number of hydrogen-bond acceptors (Lipinski definition) is 4. The second kappa shape index (κ2) is 6.64. The average Bonchev–Trinajstić information content (AvgIpc) is 2.44. The first-order valence-electron chi connectivity index (χ1n) is 5.91. The normalized spacial score (nSPS) is 11.3. The lowest BCUT2D eigenvalue weighted by Gasteiger charge is -2.24. The maximum Gasteiger partial charge on any atom is 0.261 e. The van der Waals surface area contributed by atoms with Gasteiger partial charge in [-0.25, -0.2) is 0 Å². The molecule has 102 valence electrons. The van der Waals surface area contributed by atoms with E-state index in [1.165, 1.54) is 19.1 Å². The van der Waals surface area contributed by atoms with Crippen LogP contribution >= 0.6 is 0 Å². The largest absolute Gasteiger partial charge is 0.496 e. The van der Waals surface area contributed by atoms with Crippen molar-refractivity contribution >= 4 is 5.91 Å². The van der Waals surface area contributed by atoms with Crippen LogP contribution in [0.4, 0.5) is 0 Å². The average molecular weight is 262 g/mol. The summed E-state index contributed by atoms with van der Waals surface area (Å²) < 4.78 is 10.4. The van der Waals surface area contributed by atoms with E-state index in [1.807, 2.05) is 6.92 Å². The van der Waals surface area contributed by atoms with Crippen LogP contribution in [-0.4, -0.2) is 38.1 Å². The molecule has 0 N–H and O–H groups in total. The van der Waals surface area contributed by atoms with Gasteiger partial charge >= 0.3 is 0 Å². The molecule has 1 amide bonds. The highest BCUT2D eigenvalue weighted by molar-refractivity contribution is 5.99. The Bertz CT molecular complexity index is 472. The fourth-order valence-electron chi connectivity index (χ4n) is 1.71. The number of carbonyl (C=O) groups is 1. The van der Waals surface area contributed by atoms with Gasteiger partial charge in [-0.05, 0) is 19.1 Å². The fourth-order valence-corrected chi connectivity index (χ4v) is 1.71. The minimum Gasteiger partial charge on any atom is -0.496 e. The lowest BCUT2D eigenvalue weighted by molar-refractivity contribution is 0.0739. The summed E-state index contributed by atoms with van der Waals surface area (Å²) in [6.45, 7) is 1.82. The third kappa shape index (κ3) is 3.16. The Balaban J connectivity index is 3.15. The first-order chi connectivity index (χ1) is 9.06. The second-order valence-corrected chi connectivity index (χ2v) is 4.16. The van der Waals surface area contributed by atoms with Crippen molar-refractivity contribution in [2.24, 2.45) is 0 Å². The van der Waals surface area contributed by atoms with Crippen molar-refractivity contribution in [3.8, 4) is 17.6 Å². The Labute approximate surface area is 113 Å². The molecule has 0 radical (unpaired) electrons. The summed E-state index contributed by atoms with van der Waals surface area (Å²) in [6, 6.07) is 7.05. The highest BCUT2D eigenvalue weighted by Crippen LogP contribution is 2.29. The van der Waals surface area contributed by atoms with E-state index in [2.05, 4.69) is 6.07 Å². The number of methoxy groups -OCH3 is 2. The molecule has 0 heterocycles. The third-order valence-electron chi connectivity index (χ3n) is 3.01. The van der Waals surface area contributed by atoms with Crippen molar-refractivity contribution in [2.75, 3.05) is 21.3 Å². The highest BCUT2D eigenvalue weighted by atomic mass is 16.5. The van der Waals surface area contributed by atoms with E-state index in [9.17, 15) is 4.79 Å². The molecule has 0 bridgehead atoms. The number of rotatable bonds is 5. The van der Waals surface area contributed by atoms with Crippen LogP contribution in [-0.2, 0) is 0 Å². The number of nitriles is 1. The van der Waals surface area contributed by atoms with Gasteiger partial charge in [-0.2, -0.15) is 5.26 Å². The summed E-state index contributed by atoms with van der Waals surface area (Å²) in [7, 11) is 4.67. The van der Waals surface area contributed by atoms with E-state index in [1.54, 1.807) is 25.2 Å². The van der Waals surface area contributed by atoms with Gasteiger partial charge in [0.25, 0.3) is 5.91 Å². The molecule has 0 saturated heterocycles. The molecule has 0 aliphatic carbocycles. The summed E-state index contributed by atoms with van der Waals surface area (Å²) in [4.78, 5) is 14.0. The molecule has 0 spiro atoms. The van der Waals surface area contributed by atoms with Crippen molar-refractivity contribution in [2.45, 2.75) is 19.4 Å². The minimum absolute atomic E-state index is 0.174. The van der Waals surface area contributed by atoms with Crippen LogP contribution in [0.1, 0.15) is 23.7 Å². The fraction of sp³-hybridized carbons (Fsp3) is 0.429. The van der Waals surface area contributed by atoms with Crippen LogP contribution in [0.5, 0.6) is 11.5 Å². The van der Waals surface area contributed by atoms with Gasteiger partial charge in [-0.15, -0.1) is 0 Å². The summed E-state index contributed by atoms with van der Waals surface area (Å²) in [5.74, 6) is 0.692. The van der Waals surface area contributed by atoms with Crippen LogP contribution in [0.3, 0.4) is 0 Å². The van der Waals surface area contributed by atoms with Gasteiger partial charge in [-0.1, -0.05) is 6.07 Å². The summed E-state index contributed by atoms with van der Waals surface area (Å²) in [5.41, 5.74) is 0.375. The van der Waals surface area contributed by atoms with Crippen LogP contribution in [0.2, 0.25) is 0 Å². The maximum absolute atomic E-state index is 12.5. The van der Waals surface area contributed by atoms with Gasteiger partial charge in [0.05, 0.1) is 26.7 Å². The number of hydrogen-bond donors (Lipinski definition) is 0. The smallest absolute Gasteiger partial charge is 0.261 e. The molecule has 0 aromatic heterocycles. The number of carbonyl (C=O) groups excluding carboxylic acids is 1. The Kier molecular flexibility index (Phi) is 5.19. The van der Waals surface area contributed by atoms with Gasteiger partial charge in [0.2, 0.25) is 0 Å². The van der Waals surface area contributed by atoms with Crippen molar-refractivity contribution in [3.05, 3.63) is 23.8 Å². The van der Waals surface area contributed by atoms with Crippen molar-refractivity contribution < 1.29 is 14.3 Å². The van der Waals surface area contributed by atoms with Crippen LogP contribution < -0.4 is 9.47 Å². The molecule has 1 aromatic rings. The van der Waals surface area contributed by atoms with Crippen LogP contribution in [0.15, 0.2) is 18.2 Å². The molecule has 0 saturated carbocycles. The number of benzene rings is 1. The molecule has 1 aromatic carbocycles. The number of amides is 1. The molecular formula is C14H18N2O3. The standard InChI is InChI=1S/C14H18N2O3/c1-10(8-9-15)16(2)14(17)13-11(18-3)6-5-7-12(13)19-4/h5-7,10H,8H2,1-4H3. The zero-order valence-electron chi connectivity index (χ0n) is 11.6. The molecule has 1 unspecified atom stereocenters. The zero-order valence-corrected chi connectivity index (χ0v) is 11.6. The van der Waals surface area contributed by atoms with E-state index in [4.69, 9.17) is 14.7 Å². The predicted octanol–water partition coefficient (Wildman–Crippen LogP) is 2.08. The summed E-state index contributed by atoms with van der Waals surface area (Å²) >= 11 is 0. The predicted molar refractivity (Wildman–Crippen MR) is 71.3 cm³/mol. The lowest BCUT2D eigenvalue weighted by atomic mass is 10.1. The van der Waals surface area contributed by atoms with Gasteiger partial charge in [0.15, 0.2) is 0 Å².